The lowest BCUT2D eigenvalue weighted by molar-refractivity contribution is -0.123. The van der Waals surface area contributed by atoms with Crippen LogP contribution in [0.2, 0.25) is 5.02 Å². The van der Waals surface area contributed by atoms with Crippen LogP contribution < -0.4 is 14.8 Å². The van der Waals surface area contributed by atoms with E-state index in [0.717, 1.165) is 0 Å². The maximum atomic E-state index is 13.4. The summed E-state index contributed by atoms with van der Waals surface area (Å²) in [7, 11) is 1.49. The van der Waals surface area contributed by atoms with Crippen molar-refractivity contribution in [3.8, 4) is 11.5 Å². The first-order valence-corrected chi connectivity index (χ1v) is 7.38. The molecule has 0 aliphatic carbocycles. The van der Waals surface area contributed by atoms with Gasteiger partial charge in [0.2, 0.25) is 0 Å². The molecule has 0 aliphatic rings. The quantitative estimate of drug-likeness (QED) is 0.873. The molecule has 0 saturated carbocycles. The topological polar surface area (TPSA) is 47.6 Å². The Kier molecular flexibility index (Phi) is 5.82. The Balaban J connectivity index is 1.94. The van der Waals surface area contributed by atoms with Crippen molar-refractivity contribution in [2.75, 3.05) is 13.7 Å². The van der Waals surface area contributed by atoms with Gasteiger partial charge in [-0.2, -0.15) is 0 Å². The Morgan fingerprint density at radius 2 is 1.96 bits per heavy atom. The van der Waals surface area contributed by atoms with Crippen LogP contribution in [0, 0.1) is 5.82 Å². The number of carbonyl (C=O) groups is 1. The van der Waals surface area contributed by atoms with E-state index >= 15 is 0 Å². The third kappa shape index (κ3) is 4.86. The van der Waals surface area contributed by atoms with Gasteiger partial charge < -0.3 is 14.8 Å². The minimum Gasteiger partial charge on any atom is -0.496 e. The second-order valence-electron chi connectivity index (χ2n) is 4.92. The van der Waals surface area contributed by atoms with Gasteiger partial charge in [0.25, 0.3) is 5.91 Å². The summed E-state index contributed by atoms with van der Waals surface area (Å²) in [6.07, 6.45) is 0. The molecule has 1 amide bonds. The first-order valence-electron chi connectivity index (χ1n) is 7.00. The number of hydrogen-bond acceptors (Lipinski definition) is 3. The number of ether oxygens (including phenoxy) is 2. The number of benzene rings is 2. The van der Waals surface area contributed by atoms with Gasteiger partial charge in [-0.05, 0) is 49.4 Å². The zero-order chi connectivity index (χ0) is 16.8. The van der Waals surface area contributed by atoms with Gasteiger partial charge in [0.1, 0.15) is 17.3 Å². The van der Waals surface area contributed by atoms with Crippen molar-refractivity contribution in [3.63, 3.8) is 0 Å². The highest BCUT2D eigenvalue weighted by molar-refractivity contribution is 6.30. The maximum Gasteiger partial charge on any atom is 0.258 e. The molecule has 1 atom stereocenters. The van der Waals surface area contributed by atoms with Gasteiger partial charge in [0.05, 0.1) is 13.2 Å². The van der Waals surface area contributed by atoms with Gasteiger partial charge in [-0.25, -0.2) is 4.39 Å². The third-order valence-corrected chi connectivity index (χ3v) is 3.47. The smallest absolute Gasteiger partial charge is 0.258 e. The molecule has 4 nitrogen and oxygen atoms in total. The van der Waals surface area contributed by atoms with E-state index in [2.05, 4.69) is 5.32 Å². The minimum atomic E-state index is -0.415. The fourth-order valence-corrected chi connectivity index (χ4v) is 2.21. The minimum absolute atomic E-state index is 0.149. The Labute approximate surface area is 139 Å². The molecule has 0 aromatic heterocycles. The number of halogens is 2. The summed E-state index contributed by atoms with van der Waals surface area (Å²) in [5.41, 5.74) is 0.562. The molecular formula is C17H17ClFNO3. The lowest BCUT2D eigenvalue weighted by Crippen LogP contribution is -2.31. The first-order chi connectivity index (χ1) is 11.0. The highest BCUT2D eigenvalue weighted by Gasteiger charge is 2.15. The second kappa shape index (κ2) is 7.83. The molecule has 1 unspecified atom stereocenters. The zero-order valence-electron chi connectivity index (χ0n) is 12.8. The van der Waals surface area contributed by atoms with Crippen molar-refractivity contribution in [1.29, 1.82) is 0 Å². The first kappa shape index (κ1) is 17.1. The summed E-state index contributed by atoms with van der Waals surface area (Å²) >= 11 is 5.78. The van der Waals surface area contributed by atoms with Gasteiger partial charge in [0, 0.05) is 10.6 Å². The van der Waals surface area contributed by atoms with Crippen molar-refractivity contribution in [2.45, 2.75) is 13.0 Å². The number of rotatable bonds is 6. The normalized spacial score (nSPS) is 11.7. The summed E-state index contributed by atoms with van der Waals surface area (Å²) in [5, 5.41) is 3.33. The monoisotopic (exact) mass is 337 g/mol. The average Bonchev–Trinajstić information content (AvgIpc) is 2.54. The summed E-state index contributed by atoms with van der Waals surface area (Å²) in [4.78, 5) is 12.0. The van der Waals surface area contributed by atoms with E-state index in [1.54, 1.807) is 31.2 Å². The molecule has 1 N–H and O–H groups in total. The summed E-state index contributed by atoms with van der Waals surface area (Å²) in [6, 6.07) is 10.5. The fraction of sp³-hybridized carbons (Fsp3) is 0.235. The summed E-state index contributed by atoms with van der Waals surface area (Å²) in [6.45, 7) is 1.60. The van der Waals surface area contributed by atoms with Gasteiger partial charge in [-0.1, -0.05) is 11.6 Å². The van der Waals surface area contributed by atoms with E-state index in [1.807, 2.05) is 0 Å². The maximum absolute atomic E-state index is 13.4. The Bertz CT molecular complexity index is 676. The predicted octanol–water partition coefficient (Wildman–Crippen LogP) is 3.74. The van der Waals surface area contributed by atoms with Crippen molar-refractivity contribution < 1.29 is 18.7 Å². The van der Waals surface area contributed by atoms with Crippen LogP contribution in [0.1, 0.15) is 18.5 Å². The SMILES string of the molecule is COc1ccc(F)cc1C(C)NC(=O)COc1ccc(Cl)cc1. The van der Waals surface area contributed by atoms with Crippen molar-refractivity contribution >= 4 is 17.5 Å². The highest BCUT2D eigenvalue weighted by Crippen LogP contribution is 2.25. The van der Waals surface area contributed by atoms with E-state index in [4.69, 9.17) is 21.1 Å². The largest absolute Gasteiger partial charge is 0.496 e. The Hall–Kier alpha value is -2.27. The van der Waals surface area contributed by atoms with E-state index < -0.39 is 6.04 Å². The van der Waals surface area contributed by atoms with Crippen LogP contribution in [-0.4, -0.2) is 19.6 Å². The van der Waals surface area contributed by atoms with Crippen LogP contribution in [0.3, 0.4) is 0 Å². The van der Waals surface area contributed by atoms with Crippen molar-refractivity contribution in [2.24, 2.45) is 0 Å². The standard InChI is InChI=1S/C17H17ClFNO3/c1-11(15-9-13(19)5-8-16(15)22-2)20-17(21)10-23-14-6-3-12(18)4-7-14/h3-9,11H,10H2,1-2H3,(H,20,21). The van der Waals surface area contributed by atoms with Crippen LogP contribution >= 0.6 is 11.6 Å². The third-order valence-electron chi connectivity index (χ3n) is 3.22. The zero-order valence-corrected chi connectivity index (χ0v) is 13.6. The van der Waals surface area contributed by atoms with E-state index in [9.17, 15) is 9.18 Å². The molecule has 0 heterocycles. The molecule has 0 saturated heterocycles. The molecule has 0 radical (unpaired) electrons. The molecule has 122 valence electrons. The lowest BCUT2D eigenvalue weighted by Gasteiger charge is -2.17. The van der Waals surface area contributed by atoms with Crippen LogP contribution in [0.25, 0.3) is 0 Å². The molecule has 2 rings (SSSR count). The molecule has 0 fully saturated rings. The van der Waals surface area contributed by atoms with Crippen LogP contribution in [0.15, 0.2) is 42.5 Å². The van der Waals surface area contributed by atoms with Gasteiger partial charge in [-0.15, -0.1) is 0 Å². The molecule has 6 heteroatoms. The van der Waals surface area contributed by atoms with E-state index in [0.29, 0.717) is 22.1 Å². The second-order valence-corrected chi connectivity index (χ2v) is 5.35. The summed E-state index contributed by atoms with van der Waals surface area (Å²) < 4.78 is 23.9. The highest BCUT2D eigenvalue weighted by atomic mass is 35.5. The van der Waals surface area contributed by atoms with Crippen LogP contribution in [0.4, 0.5) is 4.39 Å². The van der Waals surface area contributed by atoms with Crippen LogP contribution in [-0.2, 0) is 4.79 Å². The van der Waals surface area contributed by atoms with Crippen LogP contribution in [0.5, 0.6) is 11.5 Å². The predicted molar refractivity (Wildman–Crippen MR) is 86.5 cm³/mol. The Morgan fingerprint density at radius 3 is 2.61 bits per heavy atom. The van der Waals surface area contributed by atoms with Gasteiger partial charge in [0.15, 0.2) is 6.61 Å². The van der Waals surface area contributed by atoms with Crippen molar-refractivity contribution in [1.82, 2.24) is 5.32 Å². The van der Waals surface area contributed by atoms with Gasteiger partial charge >= 0.3 is 0 Å². The van der Waals surface area contributed by atoms with Crippen molar-refractivity contribution in [3.05, 3.63) is 58.9 Å². The average molecular weight is 338 g/mol. The number of hydrogen-bond donors (Lipinski definition) is 1. The lowest BCUT2D eigenvalue weighted by atomic mass is 10.1. The number of nitrogens with one attached hydrogen (secondary N) is 1. The molecule has 2 aromatic rings. The molecule has 0 bridgehead atoms. The molecule has 0 spiro atoms. The molecular weight excluding hydrogens is 321 g/mol. The van der Waals surface area contributed by atoms with Gasteiger partial charge in [-0.3, -0.25) is 4.79 Å². The van der Waals surface area contributed by atoms with E-state index in [-0.39, 0.29) is 18.3 Å². The fourth-order valence-electron chi connectivity index (χ4n) is 2.08. The molecule has 2 aromatic carbocycles. The number of carbonyl (C=O) groups excluding carboxylic acids is 1. The Morgan fingerprint density at radius 1 is 1.26 bits per heavy atom. The number of amides is 1. The molecule has 0 aliphatic heterocycles. The summed E-state index contributed by atoms with van der Waals surface area (Å²) in [5.74, 6) is 0.344. The van der Waals surface area contributed by atoms with E-state index in [1.165, 1.54) is 25.3 Å². The number of methoxy groups -OCH3 is 1. The molecule has 23 heavy (non-hydrogen) atoms.